The lowest BCUT2D eigenvalue weighted by Crippen LogP contribution is -2.27. The molecule has 8 heteroatoms. The van der Waals surface area contributed by atoms with Crippen molar-refractivity contribution in [1.82, 2.24) is 9.97 Å². The predicted octanol–water partition coefficient (Wildman–Crippen LogP) is 2.05. The summed E-state index contributed by atoms with van der Waals surface area (Å²) in [7, 11) is 0. The zero-order chi connectivity index (χ0) is 13.8. The topological polar surface area (TPSA) is 107 Å². The van der Waals surface area contributed by atoms with Gasteiger partial charge in [-0.15, -0.1) is 0 Å². The molecule has 7 nitrogen and oxygen atoms in total. The van der Waals surface area contributed by atoms with Gasteiger partial charge in [0.05, 0.1) is 4.92 Å². The number of hydrogen-bond donors (Lipinski definition) is 2. The summed E-state index contributed by atoms with van der Waals surface area (Å²) in [6.45, 7) is 2.12. The average molecular weight is 283 g/mol. The van der Waals surface area contributed by atoms with E-state index in [0.29, 0.717) is 5.25 Å². The van der Waals surface area contributed by atoms with Crippen molar-refractivity contribution < 1.29 is 4.92 Å². The smallest absolute Gasteiger partial charge is 0.329 e. The Labute approximate surface area is 115 Å². The molecule has 0 aliphatic heterocycles. The van der Waals surface area contributed by atoms with Crippen molar-refractivity contribution in [2.24, 2.45) is 0 Å². The molecule has 0 aromatic carbocycles. The highest BCUT2D eigenvalue weighted by Gasteiger charge is 2.29. The van der Waals surface area contributed by atoms with Crippen LogP contribution in [0.25, 0.3) is 0 Å². The van der Waals surface area contributed by atoms with E-state index in [0.717, 1.165) is 31.2 Å². The van der Waals surface area contributed by atoms with E-state index in [1.165, 1.54) is 0 Å². The van der Waals surface area contributed by atoms with Crippen molar-refractivity contribution in [2.45, 2.75) is 37.5 Å². The number of nitrogens with one attached hydrogen (secondary N) is 1. The Balaban J connectivity index is 2.17. The SMILES string of the molecule is CCSC1CCCC1Nc1nc(N)ncc1[N+](=O)[O-]. The Morgan fingerprint density at radius 3 is 3.11 bits per heavy atom. The van der Waals surface area contributed by atoms with E-state index < -0.39 is 4.92 Å². The molecule has 0 bridgehead atoms. The molecule has 1 heterocycles. The zero-order valence-corrected chi connectivity index (χ0v) is 11.5. The van der Waals surface area contributed by atoms with E-state index in [4.69, 9.17) is 5.73 Å². The number of rotatable bonds is 5. The monoisotopic (exact) mass is 283 g/mol. The fourth-order valence-electron chi connectivity index (χ4n) is 2.31. The molecule has 0 radical (unpaired) electrons. The maximum atomic E-state index is 11.0. The summed E-state index contributed by atoms with van der Waals surface area (Å²) >= 11 is 1.88. The minimum Gasteiger partial charge on any atom is -0.368 e. The number of thioether (sulfide) groups is 1. The van der Waals surface area contributed by atoms with E-state index >= 15 is 0 Å². The van der Waals surface area contributed by atoms with Crippen LogP contribution < -0.4 is 11.1 Å². The molecule has 104 valence electrons. The predicted molar refractivity (Wildman–Crippen MR) is 76.3 cm³/mol. The second-order valence-corrected chi connectivity index (χ2v) is 5.91. The molecule has 19 heavy (non-hydrogen) atoms. The largest absolute Gasteiger partial charge is 0.368 e. The second kappa shape index (κ2) is 6.05. The van der Waals surface area contributed by atoms with Crippen LogP contribution in [0.15, 0.2) is 6.20 Å². The lowest BCUT2D eigenvalue weighted by atomic mass is 10.2. The maximum absolute atomic E-state index is 11.0. The van der Waals surface area contributed by atoms with Gasteiger partial charge in [0.1, 0.15) is 6.20 Å². The Morgan fingerprint density at radius 1 is 1.63 bits per heavy atom. The van der Waals surface area contributed by atoms with E-state index in [1.807, 2.05) is 11.8 Å². The molecule has 0 saturated heterocycles. The van der Waals surface area contributed by atoms with Crippen LogP contribution in [0.2, 0.25) is 0 Å². The summed E-state index contributed by atoms with van der Waals surface area (Å²) in [5.41, 5.74) is 5.38. The van der Waals surface area contributed by atoms with E-state index in [-0.39, 0.29) is 23.5 Å². The van der Waals surface area contributed by atoms with Gasteiger partial charge < -0.3 is 11.1 Å². The fourth-order valence-corrected chi connectivity index (χ4v) is 3.51. The lowest BCUT2D eigenvalue weighted by molar-refractivity contribution is -0.384. The van der Waals surface area contributed by atoms with Crippen LogP contribution in [0.3, 0.4) is 0 Å². The highest BCUT2D eigenvalue weighted by molar-refractivity contribution is 7.99. The van der Waals surface area contributed by atoms with Gasteiger partial charge >= 0.3 is 5.69 Å². The van der Waals surface area contributed by atoms with Crippen LogP contribution in [-0.2, 0) is 0 Å². The van der Waals surface area contributed by atoms with Crippen LogP contribution in [0, 0.1) is 10.1 Å². The van der Waals surface area contributed by atoms with E-state index in [1.54, 1.807) is 0 Å². The molecule has 2 unspecified atom stereocenters. The number of nitrogen functional groups attached to an aromatic ring is 1. The molecule has 2 rings (SSSR count). The van der Waals surface area contributed by atoms with Crippen molar-refractivity contribution in [2.75, 3.05) is 16.8 Å². The fraction of sp³-hybridized carbons (Fsp3) is 0.636. The average Bonchev–Trinajstić information content (AvgIpc) is 2.77. The van der Waals surface area contributed by atoms with Gasteiger partial charge in [-0.25, -0.2) is 4.98 Å². The number of aromatic nitrogens is 2. The van der Waals surface area contributed by atoms with Crippen molar-refractivity contribution in [1.29, 1.82) is 0 Å². The molecule has 1 aromatic heterocycles. The molecule has 2 atom stereocenters. The first-order chi connectivity index (χ1) is 9.11. The van der Waals surface area contributed by atoms with Crippen molar-refractivity contribution in [3.05, 3.63) is 16.3 Å². The zero-order valence-electron chi connectivity index (χ0n) is 10.7. The highest BCUT2D eigenvalue weighted by atomic mass is 32.2. The van der Waals surface area contributed by atoms with E-state index in [9.17, 15) is 10.1 Å². The summed E-state index contributed by atoms with van der Waals surface area (Å²) in [6.07, 6.45) is 4.41. The lowest BCUT2D eigenvalue weighted by Gasteiger charge is -2.20. The first-order valence-corrected chi connectivity index (χ1v) is 7.31. The number of nitrogens with zero attached hydrogens (tertiary/aromatic N) is 3. The number of hydrogen-bond acceptors (Lipinski definition) is 7. The summed E-state index contributed by atoms with van der Waals surface area (Å²) < 4.78 is 0. The van der Waals surface area contributed by atoms with Gasteiger partial charge in [0.2, 0.25) is 11.8 Å². The number of nitrogens with two attached hydrogens (primary N) is 1. The molecule has 3 N–H and O–H groups in total. The molecule has 1 aromatic rings. The van der Waals surface area contributed by atoms with Crippen LogP contribution in [0.5, 0.6) is 0 Å². The minimum absolute atomic E-state index is 0.0470. The Morgan fingerprint density at radius 2 is 2.42 bits per heavy atom. The van der Waals surface area contributed by atoms with Gasteiger partial charge in [0, 0.05) is 11.3 Å². The standard InChI is InChI=1S/C11H17N5O2S/c1-2-19-9-5-3-4-7(9)14-10-8(16(17)18)6-13-11(12)15-10/h6-7,9H,2-5H2,1H3,(H3,12,13,14,15). The van der Waals surface area contributed by atoms with Crippen LogP contribution in [0.4, 0.5) is 17.5 Å². The quantitative estimate of drug-likeness (QED) is 0.629. The van der Waals surface area contributed by atoms with Gasteiger partial charge in [0.25, 0.3) is 0 Å². The van der Waals surface area contributed by atoms with Crippen LogP contribution in [0.1, 0.15) is 26.2 Å². The van der Waals surface area contributed by atoms with Crippen molar-refractivity contribution >= 4 is 29.2 Å². The van der Waals surface area contributed by atoms with Gasteiger partial charge in [-0.05, 0) is 18.6 Å². The summed E-state index contributed by atoms with van der Waals surface area (Å²) in [6, 6.07) is 0.206. The Kier molecular flexibility index (Phi) is 4.41. The Bertz CT molecular complexity index is 470. The molecule has 1 saturated carbocycles. The minimum atomic E-state index is -0.487. The van der Waals surface area contributed by atoms with E-state index in [2.05, 4.69) is 22.2 Å². The summed E-state index contributed by atoms with van der Waals surface area (Å²) in [5.74, 6) is 1.31. The molecular formula is C11H17N5O2S. The molecule has 1 fully saturated rings. The van der Waals surface area contributed by atoms with Gasteiger partial charge in [0.15, 0.2) is 0 Å². The third kappa shape index (κ3) is 3.25. The van der Waals surface area contributed by atoms with Crippen molar-refractivity contribution in [3.63, 3.8) is 0 Å². The maximum Gasteiger partial charge on any atom is 0.329 e. The third-order valence-electron chi connectivity index (χ3n) is 3.14. The first kappa shape index (κ1) is 13.9. The normalized spacial score (nSPS) is 22.4. The molecule has 1 aliphatic carbocycles. The highest BCUT2D eigenvalue weighted by Crippen LogP contribution is 2.33. The van der Waals surface area contributed by atoms with Gasteiger partial charge in [-0.1, -0.05) is 13.3 Å². The number of anilines is 2. The van der Waals surface area contributed by atoms with Gasteiger partial charge in [-0.3, -0.25) is 10.1 Å². The number of nitro groups is 1. The van der Waals surface area contributed by atoms with Crippen LogP contribution in [-0.4, -0.2) is 31.9 Å². The third-order valence-corrected chi connectivity index (χ3v) is 4.47. The van der Waals surface area contributed by atoms with Gasteiger partial charge in [-0.2, -0.15) is 16.7 Å². The molecule has 1 aliphatic rings. The van der Waals surface area contributed by atoms with Crippen LogP contribution >= 0.6 is 11.8 Å². The Hall–Kier alpha value is -1.57. The second-order valence-electron chi connectivity index (χ2n) is 4.39. The van der Waals surface area contributed by atoms with Crippen molar-refractivity contribution in [3.8, 4) is 0 Å². The molecule has 0 amide bonds. The summed E-state index contributed by atoms with van der Waals surface area (Å²) in [5, 5.41) is 14.6. The summed E-state index contributed by atoms with van der Waals surface area (Å²) in [4.78, 5) is 18.1. The molecular weight excluding hydrogens is 266 g/mol. The molecule has 0 spiro atoms. The first-order valence-electron chi connectivity index (χ1n) is 6.27.